The summed E-state index contributed by atoms with van der Waals surface area (Å²) >= 11 is 1.08. The molecule has 0 bridgehead atoms. The van der Waals surface area contributed by atoms with Crippen LogP contribution < -0.4 is 11.5 Å². The summed E-state index contributed by atoms with van der Waals surface area (Å²) in [6.45, 7) is 1.96. The van der Waals surface area contributed by atoms with E-state index in [1.807, 2.05) is 31.2 Å². The standard InChI is InChI=1S/C14H12N4S/c1-8-3-2-4-9(5-8)12-10(6-15)13(17)19-14(18)11(12)7-16/h2-5,12H,17-18H2,1H3. The Morgan fingerprint density at radius 3 is 2.16 bits per heavy atom. The highest BCUT2D eigenvalue weighted by atomic mass is 32.2. The van der Waals surface area contributed by atoms with Crippen LogP contribution in [0.1, 0.15) is 17.0 Å². The zero-order valence-electron chi connectivity index (χ0n) is 10.3. The van der Waals surface area contributed by atoms with Crippen molar-refractivity contribution >= 4 is 11.8 Å². The molecule has 1 aromatic carbocycles. The van der Waals surface area contributed by atoms with Crippen molar-refractivity contribution in [1.82, 2.24) is 0 Å². The molecule has 1 heterocycles. The van der Waals surface area contributed by atoms with Crippen LogP contribution in [0.2, 0.25) is 0 Å². The first kappa shape index (κ1) is 13.1. The van der Waals surface area contributed by atoms with E-state index in [4.69, 9.17) is 11.5 Å². The van der Waals surface area contributed by atoms with Gasteiger partial charge in [0.1, 0.15) is 0 Å². The second kappa shape index (κ2) is 5.09. The predicted molar refractivity (Wildman–Crippen MR) is 75.2 cm³/mol. The summed E-state index contributed by atoms with van der Waals surface area (Å²) in [5.41, 5.74) is 14.4. The van der Waals surface area contributed by atoms with Crippen molar-refractivity contribution in [3.8, 4) is 12.1 Å². The SMILES string of the molecule is Cc1cccc(C2C(C#N)=C(N)SC(N)=C2C#N)c1. The van der Waals surface area contributed by atoms with Gasteiger partial charge in [-0.15, -0.1) is 0 Å². The van der Waals surface area contributed by atoms with Gasteiger partial charge in [0.15, 0.2) is 0 Å². The Morgan fingerprint density at radius 1 is 1.11 bits per heavy atom. The van der Waals surface area contributed by atoms with E-state index in [9.17, 15) is 10.5 Å². The van der Waals surface area contributed by atoms with E-state index in [-0.39, 0.29) is 0 Å². The molecule has 0 spiro atoms. The number of allylic oxidation sites excluding steroid dienone is 2. The monoisotopic (exact) mass is 268 g/mol. The lowest BCUT2D eigenvalue weighted by molar-refractivity contribution is 0.955. The molecule has 1 aliphatic heterocycles. The van der Waals surface area contributed by atoms with Crippen LogP contribution in [0, 0.1) is 29.6 Å². The largest absolute Gasteiger partial charge is 0.392 e. The van der Waals surface area contributed by atoms with Crippen molar-refractivity contribution in [3.63, 3.8) is 0 Å². The van der Waals surface area contributed by atoms with E-state index in [1.54, 1.807) is 0 Å². The molecule has 0 fully saturated rings. The van der Waals surface area contributed by atoms with Gasteiger partial charge in [-0.2, -0.15) is 10.5 Å². The Balaban J connectivity index is 2.65. The lowest BCUT2D eigenvalue weighted by Gasteiger charge is -2.23. The number of thioether (sulfide) groups is 1. The minimum absolute atomic E-state index is 0.366. The van der Waals surface area contributed by atoms with E-state index in [0.717, 1.165) is 22.9 Å². The molecule has 0 unspecified atom stereocenters. The average molecular weight is 268 g/mol. The molecule has 2 rings (SSSR count). The summed E-state index contributed by atoms with van der Waals surface area (Å²) < 4.78 is 0. The molecule has 0 radical (unpaired) electrons. The molecule has 0 aromatic heterocycles. The van der Waals surface area contributed by atoms with Gasteiger partial charge in [0, 0.05) is 0 Å². The van der Waals surface area contributed by atoms with Crippen molar-refractivity contribution in [2.75, 3.05) is 0 Å². The van der Waals surface area contributed by atoms with Crippen molar-refractivity contribution < 1.29 is 0 Å². The lowest BCUT2D eigenvalue weighted by atomic mass is 9.85. The van der Waals surface area contributed by atoms with Gasteiger partial charge < -0.3 is 11.5 Å². The molecule has 0 atom stereocenters. The van der Waals surface area contributed by atoms with Gasteiger partial charge in [-0.05, 0) is 12.5 Å². The Labute approximate surface area is 116 Å². The molecule has 0 amide bonds. The summed E-state index contributed by atoms with van der Waals surface area (Å²) in [6, 6.07) is 11.9. The summed E-state index contributed by atoms with van der Waals surface area (Å²) in [5.74, 6) is -0.462. The van der Waals surface area contributed by atoms with Gasteiger partial charge >= 0.3 is 0 Å². The number of aryl methyl sites for hydroxylation is 1. The second-order valence-electron chi connectivity index (χ2n) is 4.23. The molecule has 19 heavy (non-hydrogen) atoms. The van der Waals surface area contributed by atoms with E-state index in [1.165, 1.54) is 0 Å². The number of nitrogens with two attached hydrogens (primary N) is 2. The van der Waals surface area contributed by atoms with E-state index >= 15 is 0 Å². The molecule has 1 aromatic rings. The maximum absolute atomic E-state index is 9.29. The Hall–Kier alpha value is -2.37. The zero-order chi connectivity index (χ0) is 14.0. The maximum atomic E-state index is 9.29. The van der Waals surface area contributed by atoms with Crippen molar-refractivity contribution in [3.05, 3.63) is 56.6 Å². The number of benzene rings is 1. The summed E-state index contributed by atoms with van der Waals surface area (Å²) in [4.78, 5) is 0. The molecule has 1 aliphatic rings. The second-order valence-corrected chi connectivity index (χ2v) is 5.31. The van der Waals surface area contributed by atoms with Crippen LogP contribution in [-0.4, -0.2) is 0 Å². The van der Waals surface area contributed by atoms with Crippen LogP contribution in [-0.2, 0) is 0 Å². The topological polar surface area (TPSA) is 99.6 Å². The quantitative estimate of drug-likeness (QED) is 0.813. The lowest BCUT2D eigenvalue weighted by Crippen LogP contribution is -2.18. The summed E-state index contributed by atoms with van der Waals surface area (Å²) in [5, 5.41) is 19.3. The fraction of sp³-hybridized carbons (Fsp3) is 0.143. The van der Waals surface area contributed by atoms with Crippen LogP contribution in [0.5, 0.6) is 0 Å². The predicted octanol–water partition coefficient (Wildman–Crippen LogP) is 2.21. The minimum atomic E-state index is -0.462. The van der Waals surface area contributed by atoms with Crippen LogP contribution in [0.15, 0.2) is 45.5 Å². The fourth-order valence-corrected chi connectivity index (χ4v) is 2.86. The Bertz CT molecular complexity index is 637. The van der Waals surface area contributed by atoms with Gasteiger partial charge in [0.2, 0.25) is 0 Å². The number of nitrogens with zero attached hydrogens (tertiary/aromatic N) is 2. The van der Waals surface area contributed by atoms with Crippen LogP contribution in [0.3, 0.4) is 0 Å². The molecule has 0 saturated carbocycles. The van der Waals surface area contributed by atoms with Crippen LogP contribution in [0.25, 0.3) is 0 Å². The van der Waals surface area contributed by atoms with Gasteiger partial charge in [0.25, 0.3) is 0 Å². The third-order valence-electron chi connectivity index (χ3n) is 2.94. The van der Waals surface area contributed by atoms with Crippen molar-refractivity contribution in [1.29, 1.82) is 10.5 Å². The number of hydrogen-bond donors (Lipinski definition) is 2. The van der Waals surface area contributed by atoms with E-state index in [0.29, 0.717) is 21.2 Å². The van der Waals surface area contributed by atoms with E-state index in [2.05, 4.69) is 12.1 Å². The molecule has 0 aliphatic carbocycles. The summed E-state index contributed by atoms with van der Waals surface area (Å²) in [6.07, 6.45) is 0. The molecular weight excluding hydrogens is 256 g/mol. The fourth-order valence-electron chi connectivity index (χ4n) is 2.08. The number of hydrogen-bond acceptors (Lipinski definition) is 5. The molecular formula is C14H12N4S. The third-order valence-corrected chi connectivity index (χ3v) is 3.82. The maximum Gasteiger partial charge on any atom is 0.0985 e. The normalized spacial score (nSPS) is 16.2. The van der Waals surface area contributed by atoms with Gasteiger partial charge in [0.05, 0.1) is 39.3 Å². The highest BCUT2D eigenvalue weighted by Crippen LogP contribution is 2.42. The molecule has 94 valence electrons. The smallest absolute Gasteiger partial charge is 0.0985 e. The number of rotatable bonds is 1. The van der Waals surface area contributed by atoms with Gasteiger partial charge in [-0.1, -0.05) is 41.6 Å². The van der Waals surface area contributed by atoms with Crippen LogP contribution in [0.4, 0.5) is 0 Å². The highest BCUT2D eigenvalue weighted by molar-refractivity contribution is 8.06. The number of nitriles is 2. The first-order valence-electron chi connectivity index (χ1n) is 5.62. The Kier molecular flexibility index (Phi) is 3.50. The summed E-state index contributed by atoms with van der Waals surface area (Å²) in [7, 11) is 0. The zero-order valence-corrected chi connectivity index (χ0v) is 11.2. The minimum Gasteiger partial charge on any atom is -0.392 e. The first-order chi connectivity index (χ1) is 9.08. The Morgan fingerprint density at radius 2 is 1.68 bits per heavy atom. The highest BCUT2D eigenvalue weighted by Gasteiger charge is 2.30. The molecule has 5 heteroatoms. The van der Waals surface area contributed by atoms with Crippen LogP contribution >= 0.6 is 11.8 Å². The van der Waals surface area contributed by atoms with Crippen molar-refractivity contribution in [2.24, 2.45) is 11.5 Å². The van der Waals surface area contributed by atoms with Gasteiger partial charge in [-0.25, -0.2) is 0 Å². The molecule has 4 N–H and O–H groups in total. The first-order valence-corrected chi connectivity index (χ1v) is 6.44. The third kappa shape index (κ3) is 2.29. The average Bonchev–Trinajstić information content (AvgIpc) is 2.38. The van der Waals surface area contributed by atoms with Gasteiger partial charge in [-0.3, -0.25) is 0 Å². The van der Waals surface area contributed by atoms with E-state index < -0.39 is 5.92 Å². The molecule has 0 saturated heterocycles. The van der Waals surface area contributed by atoms with Crippen molar-refractivity contribution in [2.45, 2.75) is 12.8 Å². The molecule has 4 nitrogen and oxygen atoms in total.